The Balaban J connectivity index is 2.39. The number of hydrogen-bond acceptors (Lipinski definition) is 4. The summed E-state index contributed by atoms with van der Waals surface area (Å²) in [6.07, 6.45) is 0. The van der Waals surface area contributed by atoms with E-state index in [0.717, 1.165) is 0 Å². The van der Waals surface area contributed by atoms with Crippen molar-refractivity contribution < 1.29 is 0 Å². The van der Waals surface area contributed by atoms with Crippen molar-refractivity contribution in [3.05, 3.63) is 45.2 Å². The molecule has 0 fully saturated rings. The van der Waals surface area contributed by atoms with Crippen molar-refractivity contribution in [1.29, 1.82) is 5.26 Å². The molecule has 1 heterocycles. The summed E-state index contributed by atoms with van der Waals surface area (Å²) >= 11 is 17.6. The molecule has 0 spiro atoms. The molecule has 0 aliphatic carbocycles. The van der Waals surface area contributed by atoms with Gasteiger partial charge in [-0.1, -0.05) is 34.8 Å². The van der Waals surface area contributed by atoms with Gasteiger partial charge in [-0.15, -0.1) is 10.2 Å². The lowest BCUT2D eigenvalue weighted by molar-refractivity contribution is 1.03. The molecule has 0 bridgehead atoms. The molecule has 1 N–H and O–H groups in total. The molecule has 2 aromatic rings. The van der Waals surface area contributed by atoms with Crippen molar-refractivity contribution >= 4 is 46.2 Å². The zero-order valence-corrected chi connectivity index (χ0v) is 11.1. The van der Waals surface area contributed by atoms with E-state index in [2.05, 4.69) is 15.5 Å². The van der Waals surface area contributed by atoms with Crippen molar-refractivity contribution in [2.24, 2.45) is 0 Å². The summed E-state index contributed by atoms with van der Waals surface area (Å²) in [6, 6.07) is 8.38. The number of aromatic nitrogens is 2. The van der Waals surface area contributed by atoms with Crippen LogP contribution in [0.2, 0.25) is 15.3 Å². The largest absolute Gasteiger partial charge is 0.352 e. The Morgan fingerprint density at radius 1 is 1.06 bits per heavy atom. The van der Waals surface area contributed by atoms with E-state index in [4.69, 9.17) is 40.1 Å². The van der Waals surface area contributed by atoms with Crippen LogP contribution in [-0.2, 0) is 0 Å². The third kappa shape index (κ3) is 2.82. The highest BCUT2D eigenvalue weighted by atomic mass is 35.5. The Morgan fingerprint density at radius 3 is 2.56 bits per heavy atom. The lowest BCUT2D eigenvalue weighted by Crippen LogP contribution is -1.96. The van der Waals surface area contributed by atoms with Gasteiger partial charge in [0.15, 0.2) is 10.3 Å². The molecule has 1 aromatic heterocycles. The highest BCUT2D eigenvalue weighted by Crippen LogP contribution is 2.30. The molecule has 0 aliphatic heterocycles. The summed E-state index contributed by atoms with van der Waals surface area (Å²) < 4.78 is 0. The van der Waals surface area contributed by atoms with Crippen molar-refractivity contribution in [3.63, 3.8) is 0 Å². The number of benzene rings is 1. The minimum atomic E-state index is 0.165. The number of nitrogens with zero attached hydrogens (tertiary/aromatic N) is 3. The highest BCUT2D eigenvalue weighted by molar-refractivity contribution is 6.35. The summed E-state index contributed by atoms with van der Waals surface area (Å²) in [6.45, 7) is 0. The van der Waals surface area contributed by atoms with Gasteiger partial charge in [0.25, 0.3) is 0 Å². The van der Waals surface area contributed by atoms with Gasteiger partial charge < -0.3 is 5.32 Å². The Labute approximate surface area is 118 Å². The van der Waals surface area contributed by atoms with E-state index in [1.54, 1.807) is 18.2 Å². The molecule has 1 aromatic carbocycles. The third-order valence-electron chi connectivity index (χ3n) is 2.08. The maximum absolute atomic E-state index is 8.83. The first-order chi connectivity index (χ1) is 8.60. The van der Waals surface area contributed by atoms with Crippen LogP contribution >= 0.6 is 34.8 Å². The summed E-state index contributed by atoms with van der Waals surface area (Å²) in [5, 5.41) is 19.9. The smallest absolute Gasteiger partial charge is 0.175 e. The van der Waals surface area contributed by atoms with Crippen molar-refractivity contribution in [1.82, 2.24) is 10.2 Å². The molecule has 0 amide bonds. The van der Waals surface area contributed by atoms with Gasteiger partial charge in [0.05, 0.1) is 28.0 Å². The zero-order chi connectivity index (χ0) is 13.1. The molecule has 0 aliphatic rings. The molecular formula is C11H5Cl3N4. The molecule has 2 rings (SSSR count). The second kappa shape index (κ2) is 5.40. The van der Waals surface area contributed by atoms with E-state index in [0.29, 0.717) is 22.0 Å². The van der Waals surface area contributed by atoms with Gasteiger partial charge in [-0.3, -0.25) is 0 Å². The summed E-state index contributed by atoms with van der Waals surface area (Å²) in [7, 11) is 0. The molecule has 90 valence electrons. The van der Waals surface area contributed by atoms with E-state index in [-0.39, 0.29) is 10.3 Å². The van der Waals surface area contributed by atoms with E-state index in [1.807, 2.05) is 6.07 Å². The minimum Gasteiger partial charge on any atom is -0.352 e. The maximum Gasteiger partial charge on any atom is 0.175 e. The van der Waals surface area contributed by atoms with Crippen LogP contribution in [-0.4, -0.2) is 10.2 Å². The molecule has 0 unspecified atom stereocenters. The lowest BCUT2D eigenvalue weighted by atomic mass is 10.2. The third-order valence-corrected chi connectivity index (χ3v) is 2.88. The molecule has 0 saturated carbocycles. The molecule has 0 radical (unpaired) electrons. The fourth-order valence-electron chi connectivity index (χ4n) is 1.28. The van der Waals surface area contributed by atoms with Crippen molar-refractivity contribution in [3.8, 4) is 6.07 Å². The second-order valence-corrected chi connectivity index (χ2v) is 4.46. The summed E-state index contributed by atoms with van der Waals surface area (Å²) in [4.78, 5) is 0. The van der Waals surface area contributed by atoms with Crippen LogP contribution in [0.4, 0.5) is 11.4 Å². The maximum atomic E-state index is 8.83. The van der Waals surface area contributed by atoms with E-state index < -0.39 is 0 Å². The van der Waals surface area contributed by atoms with Gasteiger partial charge >= 0.3 is 0 Å². The van der Waals surface area contributed by atoms with E-state index in [9.17, 15) is 0 Å². The average Bonchev–Trinajstić information content (AvgIpc) is 2.36. The first-order valence-electron chi connectivity index (χ1n) is 4.75. The quantitative estimate of drug-likeness (QED) is 0.908. The van der Waals surface area contributed by atoms with Gasteiger partial charge in [0.2, 0.25) is 0 Å². The topological polar surface area (TPSA) is 61.6 Å². The molecule has 4 nitrogen and oxygen atoms in total. The lowest BCUT2D eigenvalue weighted by Gasteiger charge is -2.09. The van der Waals surface area contributed by atoms with Crippen LogP contribution in [0.1, 0.15) is 5.56 Å². The molecule has 0 saturated heterocycles. The summed E-state index contributed by atoms with van der Waals surface area (Å²) in [5.74, 6) is 0. The highest BCUT2D eigenvalue weighted by Gasteiger charge is 2.07. The van der Waals surface area contributed by atoms with Gasteiger partial charge in [-0.2, -0.15) is 5.26 Å². The molecule has 18 heavy (non-hydrogen) atoms. The van der Waals surface area contributed by atoms with Crippen molar-refractivity contribution in [2.75, 3.05) is 5.32 Å². The average molecular weight is 300 g/mol. The zero-order valence-electron chi connectivity index (χ0n) is 8.78. The van der Waals surface area contributed by atoms with Gasteiger partial charge in [-0.25, -0.2) is 0 Å². The van der Waals surface area contributed by atoms with Crippen LogP contribution in [0.3, 0.4) is 0 Å². The van der Waals surface area contributed by atoms with E-state index >= 15 is 0 Å². The van der Waals surface area contributed by atoms with Gasteiger partial charge in [-0.05, 0) is 18.2 Å². The second-order valence-electron chi connectivity index (χ2n) is 3.30. The Kier molecular flexibility index (Phi) is 3.87. The van der Waals surface area contributed by atoms with Crippen molar-refractivity contribution in [2.45, 2.75) is 0 Å². The van der Waals surface area contributed by atoms with E-state index in [1.165, 1.54) is 6.07 Å². The van der Waals surface area contributed by atoms with Crippen LogP contribution in [0, 0.1) is 11.3 Å². The first kappa shape index (κ1) is 12.9. The predicted molar refractivity (Wildman–Crippen MR) is 71.5 cm³/mol. The van der Waals surface area contributed by atoms with Crippen LogP contribution in [0.5, 0.6) is 0 Å². The first-order valence-corrected chi connectivity index (χ1v) is 5.89. The standard InChI is InChI=1S/C11H5Cl3N4/c12-7-2-1-6(5-15)3-8(7)16-9-4-10(13)17-18-11(9)14/h1-4H,(H,16,17). The number of anilines is 2. The normalized spacial score (nSPS) is 9.89. The monoisotopic (exact) mass is 298 g/mol. The minimum absolute atomic E-state index is 0.165. The fourth-order valence-corrected chi connectivity index (χ4v) is 1.73. The van der Waals surface area contributed by atoms with Crippen LogP contribution in [0.25, 0.3) is 0 Å². The Bertz CT molecular complexity index is 637. The van der Waals surface area contributed by atoms with Crippen LogP contribution < -0.4 is 5.32 Å². The molecule has 0 atom stereocenters. The molecule has 7 heteroatoms. The SMILES string of the molecule is N#Cc1ccc(Cl)c(Nc2cc(Cl)nnc2Cl)c1. The molecular weight excluding hydrogens is 295 g/mol. The Hall–Kier alpha value is -1.54. The number of halogens is 3. The summed E-state index contributed by atoms with van der Waals surface area (Å²) in [5.41, 5.74) is 1.49. The van der Waals surface area contributed by atoms with Crippen LogP contribution in [0.15, 0.2) is 24.3 Å². The Morgan fingerprint density at radius 2 is 1.83 bits per heavy atom. The number of nitriles is 1. The van der Waals surface area contributed by atoms with Gasteiger partial charge in [0, 0.05) is 6.07 Å². The predicted octanol–water partition coefficient (Wildman–Crippen LogP) is 4.05. The number of rotatable bonds is 2. The van der Waals surface area contributed by atoms with Gasteiger partial charge in [0.1, 0.15) is 0 Å². The fraction of sp³-hybridized carbons (Fsp3) is 0. The number of hydrogen-bond donors (Lipinski definition) is 1. The number of nitrogens with one attached hydrogen (secondary N) is 1.